The molecule has 8 heteroatoms. The maximum absolute atomic E-state index is 14.6. The second-order valence-electron chi connectivity index (χ2n) is 12.8. The molecule has 0 radical (unpaired) electrons. The second-order valence-corrected chi connectivity index (χ2v) is 15.6. The Hall–Kier alpha value is -0.280. The Kier molecular flexibility index (Phi) is 18.1. The van der Waals surface area contributed by atoms with E-state index in [4.69, 9.17) is 48.4 Å². The molecule has 0 saturated carbocycles. The van der Waals surface area contributed by atoms with E-state index in [0.29, 0.717) is 88.7 Å². The fraction of sp³-hybridized carbons (Fsp3) is 0.800. The maximum atomic E-state index is 14.6. The van der Waals surface area contributed by atoms with Crippen LogP contribution in [0.15, 0.2) is 32.4 Å². The van der Waals surface area contributed by atoms with Crippen molar-refractivity contribution in [2.75, 3.05) is 0 Å². The fourth-order valence-corrected chi connectivity index (χ4v) is 6.49. The fourth-order valence-electron chi connectivity index (χ4n) is 3.58. The first-order valence-corrected chi connectivity index (χ1v) is 16.8. The van der Waals surface area contributed by atoms with Gasteiger partial charge in [0.2, 0.25) is 0 Å². The van der Waals surface area contributed by atoms with E-state index >= 15 is 0 Å². The monoisotopic (exact) mass is 614 g/mol. The number of halogens is 3. The normalized spacial score (nSPS) is 15.0. The van der Waals surface area contributed by atoms with Crippen LogP contribution in [-0.4, -0.2) is 0 Å². The molecule has 0 amide bonds. The van der Waals surface area contributed by atoms with Crippen LogP contribution < -0.4 is 0 Å². The molecule has 0 spiro atoms. The van der Waals surface area contributed by atoms with Crippen LogP contribution in [0.2, 0.25) is 0 Å². The molecule has 0 fully saturated rings. The van der Waals surface area contributed by atoms with Gasteiger partial charge in [-0.15, -0.1) is 0 Å². The molecule has 0 aromatic rings. The third-order valence-corrected chi connectivity index (χ3v) is 7.54. The van der Waals surface area contributed by atoms with Gasteiger partial charge in [-0.05, 0) is 54.8 Å². The topological polar surface area (TPSA) is 44.8 Å². The van der Waals surface area contributed by atoms with E-state index in [1.54, 1.807) is 0 Å². The van der Waals surface area contributed by atoms with Gasteiger partial charge in [0.05, 0.1) is 15.1 Å². The van der Waals surface area contributed by atoms with E-state index in [1.807, 2.05) is 0 Å². The van der Waals surface area contributed by atoms with Gasteiger partial charge in [0, 0.05) is 19.3 Å². The smallest absolute Gasteiger partial charge is 0.389 e. The highest BCUT2D eigenvalue weighted by molar-refractivity contribution is 7.48. The van der Waals surface area contributed by atoms with E-state index in [2.05, 4.69) is 83.1 Å². The first-order chi connectivity index (χ1) is 17.3. The Morgan fingerprint density at radius 1 is 0.447 bits per heavy atom. The quantitative estimate of drug-likeness (QED) is 0.114. The van der Waals surface area contributed by atoms with E-state index < -0.39 is 7.82 Å². The third-order valence-electron chi connectivity index (χ3n) is 5.12. The van der Waals surface area contributed by atoms with Crippen molar-refractivity contribution in [3.63, 3.8) is 0 Å². The van der Waals surface area contributed by atoms with Crippen molar-refractivity contribution in [1.82, 2.24) is 0 Å². The van der Waals surface area contributed by atoms with Gasteiger partial charge in [-0.25, -0.2) is 0 Å². The summed E-state index contributed by atoms with van der Waals surface area (Å²) in [6.45, 7) is 24.8. The zero-order chi connectivity index (χ0) is 29.8. The van der Waals surface area contributed by atoms with Crippen molar-refractivity contribution in [1.29, 1.82) is 0 Å². The Balaban J connectivity index is 6.94. The minimum Gasteiger partial charge on any atom is -0.389 e. The highest BCUT2D eigenvalue weighted by atomic mass is 35.5. The lowest BCUT2D eigenvalue weighted by Crippen LogP contribution is -2.09. The lowest BCUT2D eigenvalue weighted by Gasteiger charge is -2.27. The van der Waals surface area contributed by atoms with Crippen LogP contribution >= 0.6 is 42.6 Å². The van der Waals surface area contributed by atoms with Gasteiger partial charge in [0.25, 0.3) is 0 Å². The first kappa shape index (κ1) is 37.7. The average Bonchev–Trinajstić information content (AvgIpc) is 2.69. The molecule has 0 N–H and O–H groups in total. The number of phosphoric ester groups is 1. The van der Waals surface area contributed by atoms with Crippen molar-refractivity contribution in [2.45, 2.75) is 122 Å². The molecule has 0 aromatic carbocycles. The summed E-state index contributed by atoms with van der Waals surface area (Å²) in [7, 11) is -4.28. The minimum absolute atomic E-state index is 0.213. The van der Waals surface area contributed by atoms with Gasteiger partial charge >= 0.3 is 7.82 Å². The Morgan fingerprint density at radius 3 is 0.789 bits per heavy atom. The Bertz CT molecular complexity index is 746. The lowest BCUT2D eigenvalue weighted by molar-refractivity contribution is 0.173. The van der Waals surface area contributed by atoms with Gasteiger partial charge in [0.1, 0.15) is 17.3 Å². The largest absolute Gasteiger partial charge is 0.646 e. The molecule has 38 heavy (non-hydrogen) atoms. The molecule has 0 heterocycles. The molecule has 0 aliphatic rings. The molecule has 0 aliphatic carbocycles. The molecule has 0 rings (SSSR count). The van der Waals surface area contributed by atoms with Gasteiger partial charge in [-0.3, -0.25) is 0 Å². The van der Waals surface area contributed by atoms with E-state index in [9.17, 15) is 4.57 Å². The number of hydrogen-bond donors (Lipinski definition) is 0. The van der Waals surface area contributed by atoms with Crippen LogP contribution in [0.3, 0.4) is 0 Å². The highest BCUT2D eigenvalue weighted by Gasteiger charge is 2.38. The molecule has 0 saturated heterocycles. The molecular weight excluding hydrogens is 562 g/mol. The average molecular weight is 616 g/mol. The number of allylic oxidation sites excluding steroid dienone is 6. The van der Waals surface area contributed by atoms with Gasteiger partial charge in [-0.1, -0.05) is 118 Å². The van der Waals surface area contributed by atoms with Crippen LogP contribution in [0.4, 0.5) is 0 Å². The van der Waals surface area contributed by atoms with Crippen LogP contribution in [0.1, 0.15) is 122 Å². The summed E-state index contributed by atoms with van der Waals surface area (Å²) in [5, 5.41) is 1.56. The van der Waals surface area contributed by atoms with Crippen LogP contribution in [-0.2, 0) is 18.1 Å². The van der Waals surface area contributed by atoms with E-state index in [0.717, 1.165) is 0 Å². The molecule has 0 unspecified atom stereocenters. The van der Waals surface area contributed by atoms with Crippen molar-refractivity contribution in [2.24, 2.45) is 35.5 Å². The number of hydrogen-bond acceptors (Lipinski definition) is 4. The summed E-state index contributed by atoms with van der Waals surface area (Å²) < 4.78 is 33.3. The molecule has 0 aromatic heterocycles. The molecule has 0 aliphatic heterocycles. The molecule has 4 nitrogen and oxygen atoms in total. The molecular formula is C30H54Cl3O4P. The predicted octanol–water partition coefficient (Wildman–Crippen LogP) is 12.8. The van der Waals surface area contributed by atoms with Crippen molar-refractivity contribution in [3.8, 4) is 0 Å². The Labute approximate surface area is 249 Å². The zero-order valence-corrected chi connectivity index (χ0v) is 29.1. The lowest BCUT2D eigenvalue weighted by atomic mass is 10.1. The SMILES string of the molecule is CC(C)C/C(Cl)=C(/CC(C)C)OP(=O)(O/C(CC(C)C)=C(/Cl)CC(C)C)O/C(CC(C)C)=C(/Cl)CC(C)C. The van der Waals surface area contributed by atoms with E-state index in [1.165, 1.54) is 0 Å². The Morgan fingerprint density at radius 2 is 0.632 bits per heavy atom. The summed E-state index contributed by atoms with van der Waals surface area (Å²) in [6.07, 6.45) is 3.26. The number of rotatable bonds is 18. The van der Waals surface area contributed by atoms with Crippen molar-refractivity contribution in [3.05, 3.63) is 32.4 Å². The summed E-state index contributed by atoms with van der Waals surface area (Å²) >= 11 is 20.2. The number of phosphoric acid groups is 1. The summed E-state index contributed by atoms with van der Waals surface area (Å²) in [5.41, 5.74) is 0. The highest BCUT2D eigenvalue weighted by Crippen LogP contribution is 2.58. The molecule has 0 bridgehead atoms. The standard InChI is InChI=1S/C30H54Cl3O4P/c1-19(2)13-25(31)28(16-22(7)8)35-38(34,36-29(17-23(9)10)26(32)14-20(3)4)37-30(18-24(11)12)27(33)15-21(5)6/h19-24H,13-18H2,1-12H3/b28-25+,29-26+,30-27+. The summed E-state index contributed by atoms with van der Waals surface area (Å²) in [5.74, 6) is 2.79. The summed E-state index contributed by atoms with van der Waals surface area (Å²) in [6, 6.07) is 0. The van der Waals surface area contributed by atoms with Crippen LogP contribution in [0.5, 0.6) is 0 Å². The van der Waals surface area contributed by atoms with Crippen LogP contribution in [0.25, 0.3) is 0 Å². The van der Waals surface area contributed by atoms with Crippen molar-refractivity contribution < 1.29 is 18.1 Å². The first-order valence-electron chi connectivity index (χ1n) is 14.2. The predicted molar refractivity (Wildman–Crippen MR) is 166 cm³/mol. The second kappa shape index (κ2) is 18.2. The zero-order valence-electron chi connectivity index (χ0n) is 25.9. The molecule has 224 valence electrons. The van der Waals surface area contributed by atoms with Gasteiger partial charge in [-0.2, -0.15) is 4.57 Å². The van der Waals surface area contributed by atoms with E-state index in [-0.39, 0.29) is 17.8 Å². The van der Waals surface area contributed by atoms with Crippen LogP contribution in [0, 0.1) is 35.5 Å². The van der Waals surface area contributed by atoms with Gasteiger partial charge in [0.15, 0.2) is 0 Å². The minimum atomic E-state index is -4.28. The van der Waals surface area contributed by atoms with Crippen molar-refractivity contribution >= 4 is 42.6 Å². The maximum Gasteiger partial charge on any atom is 0.646 e. The summed E-state index contributed by atoms with van der Waals surface area (Å²) in [4.78, 5) is 0. The van der Waals surface area contributed by atoms with Gasteiger partial charge < -0.3 is 13.6 Å². The molecule has 0 atom stereocenters. The third kappa shape index (κ3) is 16.7.